The summed E-state index contributed by atoms with van der Waals surface area (Å²) >= 11 is 0. The van der Waals surface area contributed by atoms with Gasteiger partial charge in [-0.05, 0) is 5.56 Å². The van der Waals surface area contributed by atoms with Crippen molar-refractivity contribution in [2.45, 2.75) is 11.7 Å². The van der Waals surface area contributed by atoms with Gasteiger partial charge in [-0.3, -0.25) is 4.55 Å². The predicted molar refractivity (Wildman–Crippen MR) is 64.5 cm³/mol. The highest BCUT2D eigenvalue weighted by atomic mass is 32.2. The van der Waals surface area contributed by atoms with Gasteiger partial charge in [-0.1, -0.05) is 30.3 Å². The predicted octanol–water partition coefficient (Wildman–Crippen LogP) is 0.876. The highest BCUT2D eigenvalue weighted by Crippen LogP contribution is 2.14. The molecule has 1 aromatic heterocycles. The van der Waals surface area contributed by atoms with Crippen molar-refractivity contribution in [1.82, 2.24) is 9.55 Å². The lowest BCUT2D eigenvalue weighted by atomic mass is 10.2. The van der Waals surface area contributed by atoms with Crippen molar-refractivity contribution in [1.29, 1.82) is 0 Å². The molecule has 0 aliphatic carbocycles. The number of aromatic carboxylic acids is 1. The molecule has 0 aliphatic heterocycles. The molecule has 19 heavy (non-hydrogen) atoms. The van der Waals surface area contributed by atoms with Gasteiger partial charge in [0.1, 0.15) is 5.69 Å². The monoisotopic (exact) mass is 282 g/mol. The Bertz CT molecular complexity index is 706. The highest BCUT2D eigenvalue weighted by molar-refractivity contribution is 7.85. The smallest absolute Gasteiger partial charge is 0.354 e. The molecule has 0 saturated carbocycles. The van der Waals surface area contributed by atoms with E-state index in [4.69, 9.17) is 9.66 Å². The van der Waals surface area contributed by atoms with E-state index in [-0.39, 0.29) is 12.2 Å². The van der Waals surface area contributed by atoms with Crippen LogP contribution in [-0.2, 0) is 16.7 Å². The van der Waals surface area contributed by atoms with Crippen LogP contribution in [0.4, 0.5) is 0 Å². The first-order valence-electron chi connectivity index (χ1n) is 5.20. The normalized spacial score (nSPS) is 11.4. The molecule has 2 aromatic rings. The van der Waals surface area contributed by atoms with Crippen LogP contribution in [-0.4, -0.2) is 33.6 Å². The summed E-state index contributed by atoms with van der Waals surface area (Å²) in [5.41, 5.74) is 0.379. The maximum Gasteiger partial charge on any atom is 0.354 e. The molecule has 0 fully saturated rings. The Morgan fingerprint density at radius 3 is 2.42 bits per heavy atom. The molecule has 2 N–H and O–H groups in total. The van der Waals surface area contributed by atoms with Crippen molar-refractivity contribution in [2.75, 3.05) is 0 Å². The number of carboxylic acids is 1. The molecule has 2 rings (SSSR count). The Balaban J connectivity index is 2.53. The van der Waals surface area contributed by atoms with Crippen LogP contribution in [0.2, 0.25) is 0 Å². The maximum atomic E-state index is 11.2. The van der Waals surface area contributed by atoms with Gasteiger partial charge in [0.2, 0.25) is 0 Å². The summed E-state index contributed by atoms with van der Waals surface area (Å²) in [6, 6.07) is 8.66. The van der Waals surface area contributed by atoms with Crippen LogP contribution in [0.25, 0.3) is 0 Å². The zero-order chi connectivity index (χ0) is 14.0. The van der Waals surface area contributed by atoms with Crippen molar-refractivity contribution in [3.8, 4) is 0 Å². The average Bonchev–Trinajstić information content (AvgIpc) is 2.74. The van der Waals surface area contributed by atoms with Crippen LogP contribution in [0.1, 0.15) is 16.1 Å². The van der Waals surface area contributed by atoms with E-state index < -0.39 is 21.2 Å². The van der Waals surface area contributed by atoms with Gasteiger partial charge in [-0.15, -0.1) is 0 Å². The van der Waals surface area contributed by atoms with Crippen molar-refractivity contribution in [2.24, 2.45) is 0 Å². The van der Waals surface area contributed by atoms with E-state index in [1.54, 1.807) is 30.3 Å². The maximum absolute atomic E-state index is 11.2. The van der Waals surface area contributed by atoms with E-state index >= 15 is 0 Å². The molecular weight excluding hydrogens is 272 g/mol. The molecule has 0 unspecified atom stereocenters. The summed E-state index contributed by atoms with van der Waals surface area (Å²) < 4.78 is 32.3. The van der Waals surface area contributed by atoms with Gasteiger partial charge in [0, 0.05) is 0 Å². The van der Waals surface area contributed by atoms with Crippen LogP contribution in [0.15, 0.2) is 41.7 Å². The number of rotatable bonds is 4. The van der Waals surface area contributed by atoms with Crippen molar-refractivity contribution < 1.29 is 22.9 Å². The number of hydrogen-bond acceptors (Lipinski definition) is 4. The third-order valence-electron chi connectivity index (χ3n) is 2.45. The van der Waals surface area contributed by atoms with E-state index in [1.165, 1.54) is 0 Å². The van der Waals surface area contributed by atoms with Gasteiger partial charge < -0.3 is 9.67 Å². The Labute approximate surface area is 108 Å². The topological polar surface area (TPSA) is 109 Å². The minimum Gasteiger partial charge on any atom is -0.477 e. The molecule has 8 heteroatoms. The molecule has 0 bridgehead atoms. The quantitative estimate of drug-likeness (QED) is 0.805. The number of hydrogen-bond donors (Lipinski definition) is 2. The molecule has 1 aromatic carbocycles. The second-order valence-electron chi connectivity index (χ2n) is 3.78. The fourth-order valence-electron chi connectivity index (χ4n) is 1.65. The Morgan fingerprint density at radius 2 is 1.89 bits per heavy atom. The number of carbonyl (C=O) groups is 1. The van der Waals surface area contributed by atoms with Crippen LogP contribution in [0, 0.1) is 0 Å². The minimum absolute atomic E-state index is 0.0163. The Kier molecular flexibility index (Phi) is 3.36. The largest absolute Gasteiger partial charge is 0.477 e. The Morgan fingerprint density at radius 1 is 1.26 bits per heavy atom. The lowest BCUT2D eigenvalue weighted by Gasteiger charge is -2.08. The van der Waals surface area contributed by atoms with Gasteiger partial charge in [0.05, 0.1) is 12.7 Å². The molecule has 0 atom stereocenters. The fraction of sp³-hybridized carbons (Fsp3) is 0.0909. The number of aromatic nitrogens is 2. The van der Waals surface area contributed by atoms with Gasteiger partial charge in [0.25, 0.3) is 5.16 Å². The number of benzene rings is 1. The Hall–Kier alpha value is -2.19. The first-order chi connectivity index (χ1) is 8.89. The van der Waals surface area contributed by atoms with Crippen LogP contribution < -0.4 is 0 Å². The summed E-state index contributed by atoms with van der Waals surface area (Å²) in [5.74, 6) is -1.32. The summed E-state index contributed by atoms with van der Waals surface area (Å²) in [7, 11) is -4.58. The van der Waals surface area contributed by atoms with Gasteiger partial charge in [-0.25, -0.2) is 9.78 Å². The van der Waals surface area contributed by atoms with Crippen LogP contribution in [0.3, 0.4) is 0 Å². The van der Waals surface area contributed by atoms with Gasteiger partial charge >= 0.3 is 16.1 Å². The lowest BCUT2D eigenvalue weighted by molar-refractivity contribution is 0.0684. The molecule has 0 spiro atoms. The molecule has 0 radical (unpaired) electrons. The van der Waals surface area contributed by atoms with Gasteiger partial charge in [0.15, 0.2) is 0 Å². The second-order valence-corrected chi connectivity index (χ2v) is 5.09. The van der Waals surface area contributed by atoms with Crippen molar-refractivity contribution in [3.05, 3.63) is 47.8 Å². The standard InChI is InChI=1S/C11H10N2O5S/c14-10(15)9-6-12-11(19(16,17)18)13(9)7-8-4-2-1-3-5-8/h1-6H,7H2,(H,14,15)(H,16,17,18). The fourth-order valence-corrected chi connectivity index (χ4v) is 2.28. The SMILES string of the molecule is O=C(O)c1cnc(S(=O)(=O)O)n1Cc1ccccc1. The third-order valence-corrected chi connectivity index (χ3v) is 3.24. The third kappa shape index (κ3) is 2.80. The number of imidazole rings is 1. The zero-order valence-electron chi connectivity index (χ0n) is 9.59. The highest BCUT2D eigenvalue weighted by Gasteiger charge is 2.23. The second kappa shape index (κ2) is 4.82. The van der Waals surface area contributed by atoms with Gasteiger partial charge in [-0.2, -0.15) is 8.42 Å². The number of nitrogens with zero attached hydrogens (tertiary/aromatic N) is 2. The molecule has 1 heterocycles. The zero-order valence-corrected chi connectivity index (χ0v) is 10.4. The van der Waals surface area contributed by atoms with E-state index in [0.29, 0.717) is 5.56 Å². The van der Waals surface area contributed by atoms with E-state index in [0.717, 1.165) is 10.8 Å². The first kappa shape index (κ1) is 13.2. The summed E-state index contributed by atoms with van der Waals surface area (Å²) in [5, 5.41) is 8.30. The lowest BCUT2D eigenvalue weighted by Crippen LogP contribution is -2.15. The first-order valence-corrected chi connectivity index (χ1v) is 6.64. The van der Waals surface area contributed by atoms with Crippen LogP contribution >= 0.6 is 0 Å². The molecule has 0 saturated heterocycles. The summed E-state index contributed by atoms with van der Waals surface area (Å²) in [4.78, 5) is 14.5. The molecule has 0 aliphatic rings. The molecular formula is C11H10N2O5S. The van der Waals surface area contributed by atoms with E-state index in [1.807, 2.05) is 0 Å². The summed E-state index contributed by atoms with van der Waals surface area (Å²) in [6.45, 7) is -0.0163. The number of carboxylic acid groups (broad SMARTS) is 1. The average molecular weight is 282 g/mol. The van der Waals surface area contributed by atoms with E-state index in [9.17, 15) is 13.2 Å². The summed E-state index contributed by atoms with van der Waals surface area (Å²) in [6.07, 6.45) is 0.897. The molecule has 7 nitrogen and oxygen atoms in total. The van der Waals surface area contributed by atoms with Crippen LogP contribution in [0.5, 0.6) is 0 Å². The van der Waals surface area contributed by atoms with E-state index in [2.05, 4.69) is 4.98 Å². The van der Waals surface area contributed by atoms with Crippen molar-refractivity contribution >= 4 is 16.1 Å². The van der Waals surface area contributed by atoms with Crippen molar-refractivity contribution in [3.63, 3.8) is 0 Å². The minimum atomic E-state index is -4.58. The molecule has 100 valence electrons. The molecule has 0 amide bonds.